The zero-order valence-electron chi connectivity index (χ0n) is 10.5. The van der Waals surface area contributed by atoms with Crippen LogP contribution in [0.5, 0.6) is 5.75 Å². The van der Waals surface area contributed by atoms with E-state index in [2.05, 4.69) is 5.32 Å². The second-order valence-electron chi connectivity index (χ2n) is 4.86. The minimum atomic E-state index is -0.244. The van der Waals surface area contributed by atoms with Crippen LogP contribution in [-0.2, 0) is 0 Å². The van der Waals surface area contributed by atoms with E-state index in [-0.39, 0.29) is 11.4 Å². The van der Waals surface area contributed by atoms with Crippen molar-refractivity contribution in [3.05, 3.63) is 29.3 Å². The van der Waals surface area contributed by atoms with Crippen LogP contribution in [0.3, 0.4) is 0 Å². The molecule has 0 spiro atoms. The number of hydrogen-bond donors (Lipinski definition) is 1. The third-order valence-corrected chi connectivity index (χ3v) is 2.15. The largest absolute Gasteiger partial charge is 0.496 e. The van der Waals surface area contributed by atoms with Crippen LogP contribution < -0.4 is 10.1 Å². The molecule has 0 heterocycles. The standard InChI is InChI=1S/C13H19NO2/c1-9-7-6-8-10(11(9)16-5)12(15)14-13(2,3)4/h6-8H,1-5H3,(H,14,15). The van der Waals surface area contributed by atoms with Crippen molar-refractivity contribution in [3.8, 4) is 5.75 Å². The number of methoxy groups -OCH3 is 1. The molecule has 0 aliphatic rings. The van der Waals surface area contributed by atoms with Crippen LogP contribution in [0.2, 0.25) is 0 Å². The van der Waals surface area contributed by atoms with Crippen molar-refractivity contribution in [3.63, 3.8) is 0 Å². The summed E-state index contributed by atoms with van der Waals surface area (Å²) < 4.78 is 5.25. The molecule has 0 aliphatic heterocycles. The summed E-state index contributed by atoms with van der Waals surface area (Å²) in [6.45, 7) is 7.78. The fourth-order valence-corrected chi connectivity index (χ4v) is 1.51. The van der Waals surface area contributed by atoms with Crippen molar-refractivity contribution in [2.75, 3.05) is 7.11 Å². The number of benzene rings is 1. The molecule has 0 bridgehead atoms. The van der Waals surface area contributed by atoms with Gasteiger partial charge >= 0.3 is 0 Å². The van der Waals surface area contributed by atoms with Gasteiger partial charge in [-0.2, -0.15) is 0 Å². The molecule has 88 valence electrons. The summed E-state index contributed by atoms with van der Waals surface area (Å²) in [7, 11) is 1.58. The predicted molar refractivity (Wildman–Crippen MR) is 65.0 cm³/mol. The van der Waals surface area contributed by atoms with Gasteiger partial charge in [-0.25, -0.2) is 0 Å². The molecule has 3 nitrogen and oxygen atoms in total. The molecular weight excluding hydrogens is 202 g/mol. The quantitative estimate of drug-likeness (QED) is 0.833. The van der Waals surface area contributed by atoms with E-state index in [0.29, 0.717) is 11.3 Å². The number of nitrogens with one attached hydrogen (secondary N) is 1. The smallest absolute Gasteiger partial charge is 0.255 e. The third-order valence-electron chi connectivity index (χ3n) is 2.15. The molecule has 0 radical (unpaired) electrons. The van der Waals surface area contributed by atoms with E-state index in [1.807, 2.05) is 39.8 Å². The highest BCUT2D eigenvalue weighted by Gasteiger charge is 2.19. The zero-order chi connectivity index (χ0) is 12.3. The molecule has 0 atom stereocenters. The molecule has 1 rings (SSSR count). The summed E-state index contributed by atoms with van der Waals surface area (Å²) in [5.41, 5.74) is 1.30. The number of hydrogen-bond acceptors (Lipinski definition) is 2. The Labute approximate surface area is 96.8 Å². The SMILES string of the molecule is COc1c(C)cccc1C(=O)NC(C)(C)C. The minimum Gasteiger partial charge on any atom is -0.496 e. The van der Waals surface area contributed by atoms with E-state index >= 15 is 0 Å². The zero-order valence-corrected chi connectivity index (χ0v) is 10.5. The topological polar surface area (TPSA) is 38.3 Å². The molecule has 0 unspecified atom stereocenters. The predicted octanol–water partition coefficient (Wildman–Crippen LogP) is 2.53. The Balaban J connectivity index is 3.04. The van der Waals surface area contributed by atoms with Gasteiger partial charge in [0.15, 0.2) is 0 Å². The van der Waals surface area contributed by atoms with E-state index in [0.717, 1.165) is 5.56 Å². The van der Waals surface area contributed by atoms with Gasteiger partial charge in [0.25, 0.3) is 5.91 Å². The fraction of sp³-hybridized carbons (Fsp3) is 0.462. The Morgan fingerprint density at radius 1 is 1.31 bits per heavy atom. The maximum absolute atomic E-state index is 12.0. The highest BCUT2D eigenvalue weighted by Crippen LogP contribution is 2.23. The average Bonchev–Trinajstić information content (AvgIpc) is 2.14. The van der Waals surface area contributed by atoms with Crippen LogP contribution in [-0.4, -0.2) is 18.6 Å². The van der Waals surface area contributed by atoms with Crippen LogP contribution in [0.4, 0.5) is 0 Å². The van der Waals surface area contributed by atoms with E-state index in [1.165, 1.54) is 0 Å². The molecule has 0 saturated heterocycles. The van der Waals surface area contributed by atoms with Gasteiger partial charge in [0.1, 0.15) is 5.75 Å². The lowest BCUT2D eigenvalue weighted by molar-refractivity contribution is 0.0916. The maximum atomic E-state index is 12.0. The van der Waals surface area contributed by atoms with E-state index in [4.69, 9.17) is 4.74 Å². The number of carbonyl (C=O) groups is 1. The number of para-hydroxylation sites is 1. The minimum absolute atomic E-state index is 0.104. The highest BCUT2D eigenvalue weighted by atomic mass is 16.5. The lowest BCUT2D eigenvalue weighted by atomic mass is 10.1. The number of amides is 1. The van der Waals surface area contributed by atoms with Gasteiger partial charge in [-0.3, -0.25) is 4.79 Å². The summed E-state index contributed by atoms with van der Waals surface area (Å²) in [4.78, 5) is 12.0. The van der Waals surface area contributed by atoms with Crippen LogP contribution in [0, 0.1) is 6.92 Å². The van der Waals surface area contributed by atoms with Gasteiger partial charge in [0, 0.05) is 5.54 Å². The molecule has 1 amide bonds. The van der Waals surface area contributed by atoms with Crippen molar-refractivity contribution >= 4 is 5.91 Å². The lowest BCUT2D eigenvalue weighted by Crippen LogP contribution is -2.40. The van der Waals surface area contributed by atoms with E-state index < -0.39 is 0 Å². The molecule has 1 aromatic carbocycles. The number of rotatable bonds is 2. The van der Waals surface area contributed by atoms with Crippen LogP contribution in [0.1, 0.15) is 36.7 Å². The van der Waals surface area contributed by atoms with Crippen molar-refractivity contribution in [1.29, 1.82) is 0 Å². The van der Waals surface area contributed by atoms with Crippen molar-refractivity contribution in [2.45, 2.75) is 33.2 Å². The Morgan fingerprint density at radius 2 is 1.94 bits per heavy atom. The first-order chi connectivity index (χ1) is 7.35. The van der Waals surface area contributed by atoms with Gasteiger partial charge in [-0.05, 0) is 39.3 Å². The van der Waals surface area contributed by atoms with Crippen molar-refractivity contribution in [1.82, 2.24) is 5.32 Å². The Morgan fingerprint density at radius 3 is 2.44 bits per heavy atom. The molecule has 3 heteroatoms. The van der Waals surface area contributed by atoms with Crippen LogP contribution in [0.15, 0.2) is 18.2 Å². The first-order valence-electron chi connectivity index (χ1n) is 5.31. The summed E-state index contributed by atoms with van der Waals surface area (Å²) in [6, 6.07) is 5.55. The Bertz CT molecular complexity index is 391. The van der Waals surface area contributed by atoms with Crippen LogP contribution >= 0.6 is 0 Å². The van der Waals surface area contributed by atoms with Gasteiger partial charge in [-0.1, -0.05) is 12.1 Å². The first kappa shape index (κ1) is 12.6. The number of ether oxygens (including phenoxy) is 1. The lowest BCUT2D eigenvalue weighted by Gasteiger charge is -2.21. The van der Waals surface area contributed by atoms with E-state index in [1.54, 1.807) is 13.2 Å². The van der Waals surface area contributed by atoms with Gasteiger partial charge in [-0.15, -0.1) is 0 Å². The second kappa shape index (κ2) is 4.56. The molecular formula is C13H19NO2. The first-order valence-corrected chi connectivity index (χ1v) is 5.31. The molecule has 0 saturated carbocycles. The summed E-state index contributed by atoms with van der Waals surface area (Å²) >= 11 is 0. The Kier molecular flexibility index (Phi) is 3.58. The molecule has 0 fully saturated rings. The summed E-state index contributed by atoms with van der Waals surface area (Å²) in [5.74, 6) is 0.539. The summed E-state index contributed by atoms with van der Waals surface area (Å²) in [5, 5.41) is 2.92. The molecule has 1 aromatic rings. The molecule has 0 aliphatic carbocycles. The van der Waals surface area contributed by atoms with Crippen molar-refractivity contribution in [2.24, 2.45) is 0 Å². The fourth-order valence-electron chi connectivity index (χ4n) is 1.51. The average molecular weight is 221 g/mol. The van der Waals surface area contributed by atoms with Gasteiger partial charge in [0.05, 0.1) is 12.7 Å². The molecule has 0 aromatic heterocycles. The normalized spacial score (nSPS) is 11.1. The summed E-state index contributed by atoms with van der Waals surface area (Å²) in [6.07, 6.45) is 0. The van der Waals surface area contributed by atoms with Crippen molar-refractivity contribution < 1.29 is 9.53 Å². The number of carbonyl (C=O) groups excluding carboxylic acids is 1. The Hall–Kier alpha value is -1.51. The van der Waals surface area contributed by atoms with E-state index in [9.17, 15) is 4.79 Å². The van der Waals surface area contributed by atoms with Crippen LogP contribution in [0.25, 0.3) is 0 Å². The highest BCUT2D eigenvalue weighted by molar-refractivity contribution is 5.97. The maximum Gasteiger partial charge on any atom is 0.255 e. The number of aryl methyl sites for hydroxylation is 1. The molecule has 1 N–H and O–H groups in total. The monoisotopic (exact) mass is 221 g/mol. The third kappa shape index (κ3) is 2.99. The van der Waals surface area contributed by atoms with Gasteiger partial charge < -0.3 is 10.1 Å². The second-order valence-corrected chi connectivity index (χ2v) is 4.86. The van der Waals surface area contributed by atoms with Gasteiger partial charge in [0.2, 0.25) is 0 Å². The molecule has 16 heavy (non-hydrogen) atoms.